The van der Waals surface area contributed by atoms with E-state index in [1.165, 1.54) is 6.08 Å². The molecular weight excluding hydrogens is 378 g/mol. The Morgan fingerprint density at radius 1 is 1.07 bits per heavy atom. The van der Waals surface area contributed by atoms with Crippen molar-refractivity contribution in [3.8, 4) is 11.5 Å². The number of halogens is 1. The molecule has 2 aromatic carbocycles. The Bertz CT molecular complexity index is 899. The van der Waals surface area contributed by atoms with Gasteiger partial charge in [-0.25, -0.2) is 0 Å². The molecule has 28 heavy (non-hydrogen) atoms. The first-order chi connectivity index (χ1) is 13.5. The van der Waals surface area contributed by atoms with E-state index >= 15 is 0 Å². The van der Waals surface area contributed by atoms with E-state index in [1.807, 2.05) is 30.3 Å². The zero-order valence-electron chi connectivity index (χ0n) is 15.2. The van der Waals surface area contributed by atoms with Gasteiger partial charge in [-0.3, -0.25) is 9.59 Å². The van der Waals surface area contributed by atoms with Gasteiger partial charge in [-0.2, -0.15) is 0 Å². The number of piperidine rings is 1. The van der Waals surface area contributed by atoms with Gasteiger partial charge in [0.15, 0.2) is 5.78 Å². The maximum Gasteiger partial charge on any atom is 0.259 e. The van der Waals surface area contributed by atoms with Gasteiger partial charge in [0.05, 0.1) is 30.2 Å². The standard InChI is InChI=1S/C22H20ClNO4/c1-15-12-20(25)18(22(26)24-15)13-16-8-9-21(19(23)14-16)28-11-5-10-27-17-6-3-2-4-7-17/h2-4,6-9,13-14H,1,5,10-12H2,(H,24,26)/b18-13+. The fraction of sp³-hybridized carbons (Fsp3) is 0.182. The highest BCUT2D eigenvalue weighted by atomic mass is 35.5. The molecule has 144 valence electrons. The quantitative estimate of drug-likeness (QED) is 0.432. The fourth-order valence-corrected chi connectivity index (χ4v) is 2.92. The van der Waals surface area contributed by atoms with E-state index in [0.29, 0.717) is 41.7 Å². The molecule has 0 aromatic heterocycles. The maximum atomic E-state index is 12.0. The van der Waals surface area contributed by atoms with Gasteiger partial charge in [0.25, 0.3) is 5.91 Å². The number of Topliss-reactive ketones (excluding diaryl/α,β-unsaturated/α-hetero) is 1. The number of hydrogen-bond acceptors (Lipinski definition) is 4. The highest BCUT2D eigenvalue weighted by Gasteiger charge is 2.25. The molecule has 1 aliphatic rings. The van der Waals surface area contributed by atoms with Gasteiger partial charge >= 0.3 is 0 Å². The van der Waals surface area contributed by atoms with Crippen LogP contribution < -0.4 is 14.8 Å². The zero-order valence-corrected chi connectivity index (χ0v) is 16.0. The summed E-state index contributed by atoms with van der Waals surface area (Å²) in [4.78, 5) is 24.0. The zero-order chi connectivity index (χ0) is 19.9. The monoisotopic (exact) mass is 397 g/mol. The average molecular weight is 398 g/mol. The van der Waals surface area contributed by atoms with Gasteiger partial charge in [0.1, 0.15) is 11.5 Å². The Labute approximate surface area is 168 Å². The first kappa shape index (κ1) is 19.7. The van der Waals surface area contributed by atoms with Crippen LogP contribution in [0.1, 0.15) is 18.4 Å². The van der Waals surface area contributed by atoms with Gasteiger partial charge in [0.2, 0.25) is 0 Å². The van der Waals surface area contributed by atoms with E-state index < -0.39 is 5.91 Å². The summed E-state index contributed by atoms with van der Waals surface area (Å²) in [6.45, 7) is 4.60. The smallest absolute Gasteiger partial charge is 0.259 e. The van der Waals surface area contributed by atoms with E-state index in [2.05, 4.69) is 11.9 Å². The van der Waals surface area contributed by atoms with Gasteiger partial charge in [-0.15, -0.1) is 0 Å². The molecule has 3 rings (SSSR count). The lowest BCUT2D eigenvalue weighted by molar-refractivity contribution is -0.123. The van der Waals surface area contributed by atoms with Crippen molar-refractivity contribution in [1.29, 1.82) is 0 Å². The molecular formula is C22H20ClNO4. The van der Waals surface area contributed by atoms with Gasteiger partial charge < -0.3 is 14.8 Å². The van der Waals surface area contributed by atoms with Crippen LogP contribution in [0.5, 0.6) is 11.5 Å². The van der Waals surface area contributed by atoms with Gasteiger partial charge in [-0.1, -0.05) is 42.4 Å². The fourth-order valence-electron chi connectivity index (χ4n) is 2.67. The summed E-state index contributed by atoms with van der Waals surface area (Å²) in [6.07, 6.45) is 2.33. The third-order valence-electron chi connectivity index (χ3n) is 4.03. The first-order valence-corrected chi connectivity index (χ1v) is 9.25. The third kappa shape index (κ3) is 5.24. The van der Waals surface area contributed by atoms with Crippen LogP contribution in [-0.4, -0.2) is 24.9 Å². The number of ether oxygens (including phenoxy) is 2. The molecule has 1 saturated heterocycles. The summed E-state index contributed by atoms with van der Waals surface area (Å²) in [5, 5.41) is 2.97. The lowest BCUT2D eigenvalue weighted by atomic mass is 9.99. The Balaban J connectivity index is 1.54. The molecule has 1 amide bonds. The SMILES string of the molecule is C=C1CC(=O)/C(=C\c2ccc(OCCCOc3ccccc3)c(Cl)c2)C(=O)N1. The topological polar surface area (TPSA) is 64.6 Å². The second-order valence-corrected chi connectivity index (χ2v) is 6.68. The van der Waals surface area contributed by atoms with Gasteiger partial charge in [0, 0.05) is 12.1 Å². The van der Waals surface area contributed by atoms with E-state index in [1.54, 1.807) is 18.2 Å². The van der Waals surface area contributed by atoms with E-state index in [4.69, 9.17) is 21.1 Å². The van der Waals surface area contributed by atoms with Crippen LogP contribution >= 0.6 is 11.6 Å². The number of rotatable bonds is 7. The number of carbonyl (C=O) groups excluding carboxylic acids is 2. The molecule has 1 heterocycles. The summed E-state index contributed by atoms with van der Waals surface area (Å²) < 4.78 is 11.3. The minimum atomic E-state index is -0.448. The van der Waals surface area contributed by atoms with Crippen LogP contribution in [0.4, 0.5) is 0 Å². The molecule has 1 aliphatic heterocycles. The van der Waals surface area contributed by atoms with Crippen molar-refractivity contribution < 1.29 is 19.1 Å². The Morgan fingerprint density at radius 2 is 1.82 bits per heavy atom. The summed E-state index contributed by atoms with van der Waals surface area (Å²) in [6, 6.07) is 14.7. The Kier molecular flexibility index (Phi) is 6.50. The van der Waals surface area contributed by atoms with Crippen molar-refractivity contribution in [2.75, 3.05) is 13.2 Å². The normalized spacial score (nSPS) is 15.5. The van der Waals surface area contributed by atoms with Crippen LogP contribution in [0.15, 0.2) is 66.4 Å². The van der Waals surface area contributed by atoms with E-state index in [0.717, 1.165) is 5.75 Å². The molecule has 0 bridgehead atoms. The number of allylic oxidation sites excluding steroid dienone is 1. The van der Waals surface area contributed by atoms with Gasteiger partial charge in [-0.05, 0) is 35.9 Å². The van der Waals surface area contributed by atoms with Crippen LogP contribution in [0, 0.1) is 0 Å². The molecule has 0 saturated carbocycles. The summed E-state index contributed by atoms with van der Waals surface area (Å²) in [5.74, 6) is 0.652. The molecule has 0 aliphatic carbocycles. The molecule has 5 nitrogen and oxygen atoms in total. The minimum Gasteiger partial charge on any atom is -0.493 e. The summed E-state index contributed by atoms with van der Waals surface area (Å²) in [5.41, 5.74) is 1.15. The molecule has 2 aromatic rings. The number of nitrogens with one attached hydrogen (secondary N) is 1. The van der Waals surface area contributed by atoms with Crippen LogP contribution in [-0.2, 0) is 9.59 Å². The highest BCUT2D eigenvalue weighted by molar-refractivity contribution is 6.32. The van der Waals surface area contributed by atoms with Crippen molar-refractivity contribution in [2.45, 2.75) is 12.8 Å². The number of amides is 1. The Morgan fingerprint density at radius 3 is 2.54 bits per heavy atom. The molecule has 6 heteroatoms. The Hall–Kier alpha value is -3.05. The van der Waals surface area contributed by atoms with Crippen LogP contribution in [0.25, 0.3) is 6.08 Å². The molecule has 0 radical (unpaired) electrons. The van der Waals surface area contributed by atoms with Crippen LogP contribution in [0.2, 0.25) is 5.02 Å². The number of ketones is 1. The number of para-hydroxylation sites is 1. The minimum absolute atomic E-state index is 0.0928. The molecule has 0 spiro atoms. The number of hydrogen-bond donors (Lipinski definition) is 1. The average Bonchev–Trinajstić information content (AvgIpc) is 2.66. The maximum absolute atomic E-state index is 12.0. The number of benzene rings is 2. The first-order valence-electron chi connectivity index (χ1n) is 8.87. The highest BCUT2D eigenvalue weighted by Crippen LogP contribution is 2.27. The predicted octanol–water partition coefficient (Wildman–Crippen LogP) is 4.17. The molecule has 1 N–H and O–H groups in total. The predicted molar refractivity (Wildman–Crippen MR) is 108 cm³/mol. The van der Waals surface area contributed by atoms with E-state index in [-0.39, 0.29) is 17.8 Å². The molecule has 0 unspecified atom stereocenters. The summed E-state index contributed by atoms with van der Waals surface area (Å²) in [7, 11) is 0. The van der Waals surface area contributed by atoms with Crippen LogP contribution in [0.3, 0.4) is 0 Å². The van der Waals surface area contributed by atoms with Crippen molar-refractivity contribution in [1.82, 2.24) is 5.32 Å². The third-order valence-corrected chi connectivity index (χ3v) is 4.33. The van der Waals surface area contributed by atoms with Crippen molar-refractivity contribution in [2.24, 2.45) is 0 Å². The van der Waals surface area contributed by atoms with Crippen molar-refractivity contribution in [3.05, 3.63) is 77.0 Å². The lowest BCUT2D eigenvalue weighted by Gasteiger charge is -2.16. The van der Waals surface area contributed by atoms with E-state index in [9.17, 15) is 9.59 Å². The molecule has 0 atom stereocenters. The lowest BCUT2D eigenvalue weighted by Crippen LogP contribution is -2.34. The van der Waals surface area contributed by atoms with Crippen molar-refractivity contribution in [3.63, 3.8) is 0 Å². The second kappa shape index (κ2) is 9.24. The molecule has 1 fully saturated rings. The second-order valence-electron chi connectivity index (χ2n) is 6.27. The number of carbonyl (C=O) groups is 2. The van der Waals surface area contributed by atoms with Crippen molar-refractivity contribution >= 4 is 29.4 Å². The summed E-state index contributed by atoms with van der Waals surface area (Å²) >= 11 is 6.27. The largest absolute Gasteiger partial charge is 0.493 e.